The third-order valence-corrected chi connectivity index (χ3v) is 1.62. The number of hydrogen-bond donors (Lipinski definition) is 2. The lowest BCUT2D eigenvalue weighted by Crippen LogP contribution is -2.46. The van der Waals surface area contributed by atoms with E-state index in [4.69, 9.17) is 20.9 Å². The minimum absolute atomic E-state index is 0.142. The summed E-state index contributed by atoms with van der Waals surface area (Å²) in [6.45, 7) is 0.976. The highest BCUT2D eigenvalue weighted by Gasteiger charge is 2.24. The summed E-state index contributed by atoms with van der Waals surface area (Å²) in [5.74, 6) is 0. The molecule has 1 amide bonds. The van der Waals surface area contributed by atoms with Crippen LogP contribution in [-0.4, -0.2) is 31.5 Å². The van der Waals surface area contributed by atoms with Gasteiger partial charge in [-0.3, -0.25) is 0 Å². The quantitative estimate of drug-likeness (QED) is 0.525. The molecule has 4 N–H and O–H groups in total. The molecule has 1 rings (SSSR count). The van der Waals surface area contributed by atoms with Crippen LogP contribution < -0.4 is 11.5 Å². The number of amides is 1. The maximum absolute atomic E-state index is 10.3. The molecule has 5 nitrogen and oxygen atoms in total. The van der Waals surface area contributed by atoms with Crippen molar-refractivity contribution in [2.24, 2.45) is 11.5 Å². The summed E-state index contributed by atoms with van der Waals surface area (Å²) in [5.41, 5.74) is 10.4. The van der Waals surface area contributed by atoms with Gasteiger partial charge in [-0.2, -0.15) is 0 Å². The Labute approximate surface area is 64.6 Å². The second kappa shape index (κ2) is 3.54. The molecule has 11 heavy (non-hydrogen) atoms. The van der Waals surface area contributed by atoms with Crippen molar-refractivity contribution in [1.29, 1.82) is 0 Å². The van der Waals surface area contributed by atoms with E-state index >= 15 is 0 Å². The summed E-state index contributed by atoms with van der Waals surface area (Å²) < 4.78 is 9.73. The first-order valence-corrected chi connectivity index (χ1v) is 3.49. The Balaban J connectivity index is 2.35. The minimum Gasteiger partial charge on any atom is -0.442 e. The lowest BCUT2D eigenvalue weighted by atomic mass is 10.1. The predicted octanol–water partition coefficient (Wildman–Crippen LogP) is -0.802. The molecule has 0 saturated carbocycles. The Morgan fingerprint density at radius 3 is 2.91 bits per heavy atom. The van der Waals surface area contributed by atoms with E-state index in [0.29, 0.717) is 19.6 Å². The maximum atomic E-state index is 10.3. The number of carbonyl (C=O) groups excluding carboxylic acids is 1. The van der Waals surface area contributed by atoms with Crippen molar-refractivity contribution in [3.05, 3.63) is 0 Å². The second-order valence-electron chi connectivity index (χ2n) is 2.50. The van der Waals surface area contributed by atoms with E-state index in [1.807, 2.05) is 0 Å². The smallest absolute Gasteiger partial charge is 0.404 e. The molecule has 5 heteroatoms. The molecule has 1 aliphatic rings. The van der Waals surface area contributed by atoms with Crippen LogP contribution in [0.5, 0.6) is 0 Å². The highest BCUT2D eigenvalue weighted by Crippen LogP contribution is 2.08. The topological polar surface area (TPSA) is 87.6 Å². The lowest BCUT2D eigenvalue weighted by Gasteiger charge is -2.27. The predicted molar refractivity (Wildman–Crippen MR) is 37.9 cm³/mol. The molecule has 1 saturated heterocycles. The fraction of sp³-hybridized carbons (Fsp3) is 0.833. The second-order valence-corrected chi connectivity index (χ2v) is 2.50. The SMILES string of the molecule is NC(=O)O[C@H]1COCC[C@H]1N. The average Bonchev–Trinajstić information content (AvgIpc) is 1.93. The minimum atomic E-state index is -0.795. The van der Waals surface area contributed by atoms with Crippen LogP contribution in [0.1, 0.15) is 6.42 Å². The van der Waals surface area contributed by atoms with Gasteiger partial charge in [-0.1, -0.05) is 0 Å². The van der Waals surface area contributed by atoms with E-state index in [1.54, 1.807) is 0 Å². The van der Waals surface area contributed by atoms with Gasteiger partial charge in [0, 0.05) is 12.6 Å². The zero-order valence-electron chi connectivity index (χ0n) is 6.16. The average molecular weight is 160 g/mol. The highest BCUT2D eigenvalue weighted by atomic mass is 16.6. The van der Waals surface area contributed by atoms with E-state index in [1.165, 1.54) is 0 Å². The zero-order chi connectivity index (χ0) is 8.27. The van der Waals surface area contributed by atoms with Gasteiger partial charge in [-0.25, -0.2) is 4.79 Å². The highest BCUT2D eigenvalue weighted by molar-refractivity contribution is 5.64. The van der Waals surface area contributed by atoms with Gasteiger partial charge in [0.2, 0.25) is 0 Å². The number of hydrogen-bond acceptors (Lipinski definition) is 4. The summed E-state index contributed by atoms with van der Waals surface area (Å²) in [7, 11) is 0. The van der Waals surface area contributed by atoms with Crippen molar-refractivity contribution in [2.45, 2.75) is 18.6 Å². The number of primary amides is 1. The van der Waals surface area contributed by atoms with Crippen LogP contribution in [0.4, 0.5) is 4.79 Å². The molecule has 2 atom stereocenters. The molecular weight excluding hydrogens is 148 g/mol. The third kappa shape index (κ3) is 2.36. The Morgan fingerprint density at radius 1 is 1.64 bits per heavy atom. The van der Waals surface area contributed by atoms with Gasteiger partial charge in [0.15, 0.2) is 0 Å². The molecule has 0 spiro atoms. The van der Waals surface area contributed by atoms with Gasteiger partial charge in [-0.05, 0) is 6.42 Å². The van der Waals surface area contributed by atoms with Crippen molar-refractivity contribution in [3.8, 4) is 0 Å². The first-order chi connectivity index (χ1) is 5.20. The Kier molecular flexibility index (Phi) is 2.67. The summed E-state index contributed by atoms with van der Waals surface area (Å²) in [5, 5.41) is 0. The Bertz CT molecular complexity index is 151. The number of carbonyl (C=O) groups is 1. The lowest BCUT2D eigenvalue weighted by molar-refractivity contribution is -0.0255. The van der Waals surface area contributed by atoms with Gasteiger partial charge < -0.3 is 20.9 Å². The number of nitrogens with two attached hydrogens (primary N) is 2. The van der Waals surface area contributed by atoms with E-state index in [2.05, 4.69) is 0 Å². The largest absolute Gasteiger partial charge is 0.442 e. The fourth-order valence-electron chi connectivity index (χ4n) is 0.999. The molecule has 0 aromatic rings. The summed E-state index contributed by atoms with van der Waals surface area (Å²) in [6.07, 6.45) is -0.463. The van der Waals surface area contributed by atoms with Crippen LogP contribution in [0.15, 0.2) is 0 Å². The molecule has 0 aromatic heterocycles. The molecule has 1 fully saturated rings. The zero-order valence-corrected chi connectivity index (χ0v) is 6.16. The van der Waals surface area contributed by atoms with Crippen molar-refractivity contribution in [1.82, 2.24) is 0 Å². The van der Waals surface area contributed by atoms with Gasteiger partial charge in [-0.15, -0.1) is 0 Å². The standard InChI is InChI=1S/C6H12N2O3/c7-4-1-2-10-3-5(4)11-6(8)9/h4-5H,1-3,7H2,(H2,8,9)/t4-,5+/m1/s1. The molecule has 0 aromatic carbocycles. The van der Waals surface area contributed by atoms with Crippen LogP contribution in [-0.2, 0) is 9.47 Å². The van der Waals surface area contributed by atoms with Crippen molar-refractivity contribution in [2.75, 3.05) is 13.2 Å². The van der Waals surface area contributed by atoms with Crippen molar-refractivity contribution in [3.63, 3.8) is 0 Å². The molecule has 0 bridgehead atoms. The summed E-state index contributed by atoms with van der Waals surface area (Å²) >= 11 is 0. The van der Waals surface area contributed by atoms with Crippen LogP contribution in [0, 0.1) is 0 Å². The third-order valence-electron chi connectivity index (χ3n) is 1.62. The van der Waals surface area contributed by atoms with Gasteiger partial charge in [0.1, 0.15) is 6.10 Å². The maximum Gasteiger partial charge on any atom is 0.404 e. The molecule has 1 aliphatic heterocycles. The summed E-state index contributed by atoms with van der Waals surface area (Å²) in [6, 6.07) is -0.142. The normalized spacial score (nSPS) is 31.4. The molecule has 0 unspecified atom stereocenters. The van der Waals surface area contributed by atoms with E-state index < -0.39 is 6.09 Å². The monoisotopic (exact) mass is 160 g/mol. The molecule has 0 aliphatic carbocycles. The Morgan fingerprint density at radius 2 is 2.36 bits per heavy atom. The van der Waals surface area contributed by atoms with Gasteiger partial charge in [0.05, 0.1) is 6.61 Å². The van der Waals surface area contributed by atoms with Crippen LogP contribution >= 0.6 is 0 Å². The van der Waals surface area contributed by atoms with Crippen LogP contribution in [0.2, 0.25) is 0 Å². The first kappa shape index (κ1) is 8.29. The van der Waals surface area contributed by atoms with Crippen molar-refractivity contribution < 1.29 is 14.3 Å². The first-order valence-electron chi connectivity index (χ1n) is 3.49. The Hall–Kier alpha value is -0.810. The van der Waals surface area contributed by atoms with E-state index in [0.717, 1.165) is 0 Å². The van der Waals surface area contributed by atoms with Crippen molar-refractivity contribution >= 4 is 6.09 Å². The van der Waals surface area contributed by atoms with Gasteiger partial charge in [0.25, 0.3) is 0 Å². The van der Waals surface area contributed by atoms with E-state index in [-0.39, 0.29) is 12.1 Å². The van der Waals surface area contributed by atoms with Crippen LogP contribution in [0.3, 0.4) is 0 Å². The molecule has 64 valence electrons. The van der Waals surface area contributed by atoms with Gasteiger partial charge >= 0.3 is 6.09 Å². The van der Waals surface area contributed by atoms with E-state index in [9.17, 15) is 4.79 Å². The molecule has 0 radical (unpaired) electrons. The number of rotatable bonds is 1. The number of ether oxygens (including phenoxy) is 2. The molecular formula is C6H12N2O3. The fourth-order valence-corrected chi connectivity index (χ4v) is 0.999. The van der Waals surface area contributed by atoms with Crippen LogP contribution in [0.25, 0.3) is 0 Å². The summed E-state index contributed by atoms with van der Waals surface area (Å²) in [4.78, 5) is 10.3. The molecule has 1 heterocycles.